The number of unbranched alkanes of at least 4 members (excludes halogenated alkanes) is 1. The molecule has 0 saturated heterocycles. The van der Waals surface area contributed by atoms with Crippen molar-refractivity contribution in [3.05, 3.63) is 0 Å². The molecule has 0 aromatic carbocycles. The molecule has 1 aliphatic rings. The summed E-state index contributed by atoms with van der Waals surface area (Å²) in [6.07, 6.45) is 5.85. The van der Waals surface area contributed by atoms with Crippen molar-refractivity contribution in [1.29, 1.82) is 0 Å². The van der Waals surface area contributed by atoms with E-state index in [0.29, 0.717) is 6.54 Å². The van der Waals surface area contributed by atoms with Gasteiger partial charge >= 0.3 is 0 Å². The van der Waals surface area contributed by atoms with Crippen molar-refractivity contribution in [3.63, 3.8) is 0 Å². The van der Waals surface area contributed by atoms with E-state index < -0.39 is 5.60 Å². The highest BCUT2D eigenvalue weighted by atomic mass is 16.3. The van der Waals surface area contributed by atoms with Gasteiger partial charge in [0.2, 0.25) is 0 Å². The summed E-state index contributed by atoms with van der Waals surface area (Å²) in [6.45, 7) is 6.77. The van der Waals surface area contributed by atoms with E-state index in [4.69, 9.17) is 5.73 Å². The minimum absolute atomic E-state index is 0.368. The van der Waals surface area contributed by atoms with Crippen molar-refractivity contribution in [3.8, 4) is 0 Å². The summed E-state index contributed by atoms with van der Waals surface area (Å²) >= 11 is 0. The van der Waals surface area contributed by atoms with Crippen LogP contribution in [0.5, 0.6) is 0 Å². The molecule has 0 amide bonds. The van der Waals surface area contributed by atoms with Gasteiger partial charge in [0.25, 0.3) is 0 Å². The minimum Gasteiger partial charge on any atom is -0.389 e. The van der Waals surface area contributed by atoms with Crippen molar-refractivity contribution < 1.29 is 5.11 Å². The molecule has 3 N–H and O–H groups in total. The first kappa shape index (κ1) is 12.9. The highest BCUT2D eigenvalue weighted by Crippen LogP contribution is 2.26. The largest absolute Gasteiger partial charge is 0.389 e. The van der Waals surface area contributed by atoms with E-state index in [1.54, 1.807) is 0 Å². The molecule has 0 spiro atoms. The summed E-state index contributed by atoms with van der Waals surface area (Å²) < 4.78 is 0. The van der Waals surface area contributed by atoms with E-state index in [9.17, 15) is 5.11 Å². The van der Waals surface area contributed by atoms with E-state index in [0.717, 1.165) is 25.4 Å². The highest BCUT2D eigenvalue weighted by Gasteiger charge is 2.27. The number of nitrogens with zero attached hydrogens (tertiary/aromatic N) is 1. The van der Waals surface area contributed by atoms with E-state index in [2.05, 4.69) is 11.8 Å². The van der Waals surface area contributed by atoms with Gasteiger partial charge in [0, 0.05) is 12.6 Å². The average Bonchev–Trinajstić information content (AvgIpc) is 3.02. The van der Waals surface area contributed by atoms with Crippen LogP contribution in [0.4, 0.5) is 0 Å². The van der Waals surface area contributed by atoms with Crippen LogP contribution in [-0.4, -0.2) is 41.3 Å². The van der Waals surface area contributed by atoms with Crippen LogP contribution in [0, 0.1) is 0 Å². The van der Waals surface area contributed by atoms with Crippen LogP contribution in [0.25, 0.3) is 0 Å². The first-order chi connectivity index (χ1) is 7.09. The van der Waals surface area contributed by atoms with E-state index >= 15 is 0 Å². The number of hydrogen-bond donors (Lipinski definition) is 2. The Morgan fingerprint density at radius 3 is 2.53 bits per heavy atom. The molecule has 1 saturated carbocycles. The van der Waals surface area contributed by atoms with Crippen molar-refractivity contribution in [2.75, 3.05) is 19.6 Å². The maximum Gasteiger partial charge on any atom is 0.0741 e. The van der Waals surface area contributed by atoms with Gasteiger partial charge in [-0.3, -0.25) is 0 Å². The quantitative estimate of drug-likeness (QED) is 0.600. The summed E-state index contributed by atoms with van der Waals surface area (Å²) in [6, 6.07) is 0.866. The lowest BCUT2D eigenvalue weighted by atomic mass is 9.99. The van der Waals surface area contributed by atoms with E-state index in [-0.39, 0.29) is 0 Å². The predicted octanol–water partition coefficient (Wildman–Crippen LogP) is 1.35. The third-order valence-corrected chi connectivity index (χ3v) is 3.32. The van der Waals surface area contributed by atoms with Gasteiger partial charge in [-0.15, -0.1) is 0 Å². The average molecular weight is 214 g/mol. The van der Waals surface area contributed by atoms with Gasteiger partial charge in [-0.2, -0.15) is 0 Å². The summed E-state index contributed by atoms with van der Waals surface area (Å²) in [4.78, 5) is 2.55. The zero-order chi connectivity index (χ0) is 11.3. The Kier molecular flexibility index (Phi) is 5.03. The third-order valence-electron chi connectivity index (χ3n) is 3.32. The number of nitrogens with two attached hydrogens (primary N) is 1. The Labute approximate surface area is 93.6 Å². The molecule has 0 aliphatic heterocycles. The second-order valence-electron chi connectivity index (χ2n) is 5.02. The van der Waals surface area contributed by atoms with Gasteiger partial charge in [0.1, 0.15) is 0 Å². The van der Waals surface area contributed by atoms with Crippen molar-refractivity contribution in [1.82, 2.24) is 4.90 Å². The van der Waals surface area contributed by atoms with Crippen molar-refractivity contribution >= 4 is 0 Å². The van der Waals surface area contributed by atoms with Gasteiger partial charge in [0.05, 0.1) is 5.60 Å². The number of hydrogen-bond acceptors (Lipinski definition) is 3. The van der Waals surface area contributed by atoms with Gasteiger partial charge in [0.15, 0.2) is 0 Å². The van der Waals surface area contributed by atoms with Gasteiger partial charge in [-0.25, -0.2) is 0 Å². The van der Waals surface area contributed by atoms with Gasteiger partial charge in [-0.05, 0) is 52.1 Å². The molecule has 0 aromatic rings. The molecule has 1 rings (SSSR count). The monoisotopic (exact) mass is 214 g/mol. The Morgan fingerprint density at radius 2 is 2.07 bits per heavy atom. The predicted molar refractivity (Wildman–Crippen MR) is 63.8 cm³/mol. The van der Waals surface area contributed by atoms with Crippen LogP contribution in [0.3, 0.4) is 0 Å². The highest BCUT2D eigenvalue weighted by molar-refractivity contribution is 4.83. The summed E-state index contributed by atoms with van der Waals surface area (Å²) in [5, 5.41) is 9.73. The third kappa shape index (κ3) is 4.96. The van der Waals surface area contributed by atoms with Gasteiger partial charge in [-0.1, -0.05) is 6.92 Å². The lowest BCUT2D eigenvalue weighted by molar-refractivity contribution is 0.0563. The molecule has 15 heavy (non-hydrogen) atoms. The first-order valence-electron chi connectivity index (χ1n) is 6.25. The lowest BCUT2D eigenvalue weighted by Gasteiger charge is -2.23. The fourth-order valence-electron chi connectivity index (χ4n) is 1.96. The lowest BCUT2D eigenvalue weighted by Crippen LogP contribution is -2.34. The van der Waals surface area contributed by atoms with E-state index in [1.807, 2.05) is 6.92 Å². The van der Waals surface area contributed by atoms with Crippen molar-refractivity contribution in [2.24, 2.45) is 5.73 Å². The molecule has 1 atom stereocenters. The SMILES string of the molecule is CCN(CCCCC(C)(O)CN)C1CC1. The normalized spacial score (nSPS) is 20.6. The van der Waals surface area contributed by atoms with Crippen LogP contribution < -0.4 is 5.73 Å². The molecule has 0 bridgehead atoms. The Hall–Kier alpha value is -0.120. The second-order valence-corrected chi connectivity index (χ2v) is 5.02. The fraction of sp³-hybridized carbons (Fsp3) is 1.00. The van der Waals surface area contributed by atoms with Gasteiger partial charge < -0.3 is 15.7 Å². The second kappa shape index (κ2) is 5.83. The molecular weight excluding hydrogens is 188 g/mol. The molecule has 0 radical (unpaired) electrons. The number of aliphatic hydroxyl groups is 1. The summed E-state index contributed by atoms with van der Waals surface area (Å²) in [7, 11) is 0. The molecule has 90 valence electrons. The van der Waals surface area contributed by atoms with Crippen LogP contribution in [0.1, 0.15) is 46.0 Å². The fourth-order valence-corrected chi connectivity index (χ4v) is 1.96. The maximum atomic E-state index is 9.73. The molecule has 3 nitrogen and oxygen atoms in total. The topological polar surface area (TPSA) is 49.5 Å². The zero-order valence-electron chi connectivity index (χ0n) is 10.2. The zero-order valence-corrected chi connectivity index (χ0v) is 10.2. The van der Waals surface area contributed by atoms with Crippen LogP contribution in [0.2, 0.25) is 0 Å². The Bertz CT molecular complexity index is 178. The number of rotatable bonds is 8. The summed E-state index contributed by atoms with van der Waals surface area (Å²) in [5.41, 5.74) is 4.82. The van der Waals surface area contributed by atoms with Crippen LogP contribution in [0.15, 0.2) is 0 Å². The van der Waals surface area contributed by atoms with E-state index in [1.165, 1.54) is 25.8 Å². The molecule has 1 unspecified atom stereocenters. The molecular formula is C12H26N2O. The van der Waals surface area contributed by atoms with Crippen LogP contribution >= 0.6 is 0 Å². The summed E-state index contributed by atoms with van der Waals surface area (Å²) in [5.74, 6) is 0. The molecule has 0 heterocycles. The molecule has 1 aliphatic carbocycles. The van der Waals surface area contributed by atoms with Crippen molar-refractivity contribution in [2.45, 2.75) is 57.6 Å². The molecule has 3 heteroatoms. The first-order valence-corrected chi connectivity index (χ1v) is 6.25. The van der Waals surface area contributed by atoms with Crippen LogP contribution in [-0.2, 0) is 0 Å². The Balaban J connectivity index is 2.05. The maximum absolute atomic E-state index is 9.73. The molecule has 1 fully saturated rings. The standard InChI is InChI=1S/C12H26N2O/c1-3-14(11-6-7-11)9-5-4-8-12(2,15)10-13/h11,15H,3-10,13H2,1-2H3. The Morgan fingerprint density at radius 1 is 1.40 bits per heavy atom. The molecule has 0 aromatic heterocycles. The smallest absolute Gasteiger partial charge is 0.0741 e. The minimum atomic E-state index is -0.656.